The summed E-state index contributed by atoms with van der Waals surface area (Å²) < 4.78 is 19.2. The van der Waals surface area contributed by atoms with Gasteiger partial charge < -0.3 is 19.5 Å². The van der Waals surface area contributed by atoms with E-state index < -0.39 is 0 Å². The molecule has 3 aromatic carbocycles. The van der Waals surface area contributed by atoms with E-state index in [1.165, 1.54) is 28.2 Å². The normalized spacial score (nSPS) is 11.1. The Morgan fingerprint density at radius 3 is 2.38 bits per heavy atom. The van der Waals surface area contributed by atoms with E-state index in [-0.39, 0.29) is 48.7 Å². The molecule has 3 amide bonds. The first-order valence-corrected chi connectivity index (χ1v) is 13.3. The summed E-state index contributed by atoms with van der Waals surface area (Å²) in [5, 5.41) is 3.35. The second-order valence-corrected chi connectivity index (χ2v) is 10.5. The summed E-state index contributed by atoms with van der Waals surface area (Å²) >= 11 is 0. The zero-order chi connectivity index (χ0) is 28.8. The number of anilines is 1. The van der Waals surface area contributed by atoms with E-state index in [9.17, 15) is 18.8 Å². The van der Waals surface area contributed by atoms with Crippen LogP contribution in [0.3, 0.4) is 0 Å². The first-order chi connectivity index (χ1) is 19.1. The largest absolute Gasteiger partial charge is 0.464 e. The SMILES string of the molecule is Cc1ccc(NC(=O)N(CC(=O)N(Cc2ccc(F)cc2)Cc2coc3ccccc3c2=O)CC(C)C)c(C)c1. The van der Waals surface area contributed by atoms with Crippen LogP contribution in [0.1, 0.15) is 36.1 Å². The van der Waals surface area contributed by atoms with Crippen LogP contribution in [0.4, 0.5) is 14.9 Å². The van der Waals surface area contributed by atoms with E-state index in [1.54, 1.807) is 36.4 Å². The van der Waals surface area contributed by atoms with Gasteiger partial charge in [-0.1, -0.05) is 55.8 Å². The quantitative estimate of drug-likeness (QED) is 0.270. The average Bonchev–Trinajstić information content (AvgIpc) is 2.92. The van der Waals surface area contributed by atoms with Gasteiger partial charge in [0.25, 0.3) is 0 Å². The van der Waals surface area contributed by atoms with Crippen LogP contribution in [0.15, 0.2) is 82.2 Å². The van der Waals surface area contributed by atoms with E-state index in [1.807, 2.05) is 45.9 Å². The lowest BCUT2D eigenvalue weighted by atomic mass is 10.1. The highest BCUT2D eigenvalue weighted by molar-refractivity contribution is 5.93. The molecule has 0 aliphatic heterocycles. The number of fused-ring (bicyclic) bond motifs is 1. The van der Waals surface area contributed by atoms with Crippen molar-refractivity contribution in [1.82, 2.24) is 9.80 Å². The van der Waals surface area contributed by atoms with E-state index in [0.29, 0.717) is 34.3 Å². The lowest BCUT2D eigenvalue weighted by molar-refractivity contribution is -0.133. The van der Waals surface area contributed by atoms with Crippen molar-refractivity contribution in [2.75, 3.05) is 18.4 Å². The van der Waals surface area contributed by atoms with Gasteiger partial charge in [0, 0.05) is 18.8 Å². The minimum absolute atomic E-state index is 0.0302. The number of carbonyl (C=O) groups excluding carboxylic acids is 2. The van der Waals surface area contributed by atoms with E-state index in [4.69, 9.17) is 4.42 Å². The summed E-state index contributed by atoms with van der Waals surface area (Å²) in [6.07, 6.45) is 1.37. The van der Waals surface area contributed by atoms with E-state index in [2.05, 4.69) is 5.32 Å². The maximum Gasteiger partial charge on any atom is 0.322 e. The Labute approximate surface area is 233 Å². The molecule has 0 bridgehead atoms. The summed E-state index contributed by atoms with van der Waals surface area (Å²) in [6, 6.07) is 18.1. The molecule has 1 aromatic heterocycles. The Hall–Kier alpha value is -4.46. The lowest BCUT2D eigenvalue weighted by Crippen LogP contribution is -2.45. The minimum atomic E-state index is -0.388. The Morgan fingerprint density at radius 2 is 1.68 bits per heavy atom. The zero-order valence-corrected chi connectivity index (χ0v) is 23.2. The van der Waals surface area contributed by atoms with Crippen molar-refractivity contribution >= 4 is 28.6 Å². The van der Waals surface area contributed by atoms with Gasteiger partial charge in [0.2, 0.25) is 5.91 Å². The number of rotatable bonds is 9. The molecular formula is C32H34FN3O4. The molecule has 0 aliphatic rings. The number of para-hydroxylation sites is 1. The second-order valence-electron chi connectivity index (χ2n) is 10.5. The van der Waals surface area contributed by atoms with Crippen LogP contribution in [0.5, 0.6) is 0 Å². The van der Waals surface area contributed by atoms with Gasteiger partial charge in [0.15, 0.2) is 5.43 Å². The van der Waals surface area contributed by atoms with Crippen LogP contribution in [0, 0.1) is 25.6 Å². The lowest BCUT2D eigenvalue weighted by Gasteiger charge is -2.29. The molecule has 4 rings (SSSR count). The molecule has 0 unspecified atom stereocenters. The van der Waals surface area contributed by atoms with Crippen molar-refractivity contribution in [3.63, 3.8) is 0 Å². The smallest absolute Gasteiger partial charge is 0.322 e. The van der Waals surface area contributed by atoms with Gasteiger partial charge in [-0.15, -0.1) is 0 Å². The number of urea groups is 1. The Bertz CT molecular complexity index is 1560. The first kappa shape index (κ1) is 28.5. The summed E-state index contributed by atoms with van der Waals surface area (Å²) in [5.41, 5.74) is 3.90. The molecule has 0 spiro atoms. The first-order valence-electron chi connectivity index (χ1n) is 13.3. The Morgan fingerprint density at radius 1 is 0.950 bits per heavy atom. The Kier molecular flexibility index (Phi) is 8.99. The van der Waals surface area contributed by atoms with Crippen molar-refractivity contribution in [3.05, 3.63) is 111 Å². The molecule has 208 valence electrons. The Balaban J connectivity index is 1.61. The van der Waals surface area contributed by atoms with Gasteiger partial charge in [0.05, 0.1) is 23.8 Å². The third kappa shape index (κ3) is 7.14. The third-order valence-corrected chi connectivity index (χ3v) is 6.57. The predicted molar refractivity (Wildman–Crippen MR) is 154 cm³/mol. The zero-order valence-electron chi connectivity index (χ0n) is 23.2. The number of nitrogens with one attached hydrogen (secondary N) is 1. The van der Waals surface area contributed by atoms with Crippen LogP contribution >= 0.6 is 0 Å². The number of carbonyl (C=O) groups is 2. The molecule has 0 saturated heterocycles. The van der Waals surface area contributed by atoms with Crippen LogP contribution in [-0.4, -0.2) is 34.8 Å². The molecule has 1 N–H and O–H groups in total. The average molecular weight is 544 g/mol. The van der Waals surface area contributed by atoms with Gasteiger partial charge in [-0.05, 0) is 61.2 Å². The molecule has 0 saturated carbocycles. The van der Waals surface area contributed by atoms with Crippen molar-refractivity contribution < 1.29 is 18.4 Å². The van der Waals surface area contributed by atoms with E-state index >= 15 is 0 Å². The number of hydrogen-bond acceptors (Lipinski definition) is 4. The van der Waals surface area contributed by atoms with Crippen molar-refractivity contribution in [3.8, 4) is 0 Å². The minimum Gasteiger partial charge on any atom is -0.464 e. The highest BCUT2D eigenvalue weighted by Crippen LogP contribution is 2.18. The third-order valence-electron chi connectivity index (χ3n) is 6.57. The van der Waals surface area contributed by atoms with E-state index in [0.717, 1.165) is 11.1 Å². The molecule has 1 heterocycles. The molecule has 0 atom stereocenters. The van der Waals surface area contributed by atoms with Gasteiger partial charge in [-0.2, -0.15) is 0 Å². The van der Waals surface area contributed by atoms with Crippen molar-refractivity contribution in [2.45, 2.75) is 40.8 Å². The van der Waals surface area contributed by atoms with Gasteiger partial charge in [0.1, 0.15) is 17.9 Å². The number of halogens is 1. The molecular weight excluding hydrogens is 509 g/mol. The fourth-order valence-corrected chi connectivity index (χ4v) is 4.55. The maximum atomic E-state index is 13.8. The van der Waals surface area contributed by atoms with Gasteiger partial charge in [-0.3, -0.25) is 9.59 Å². The van der Waals surface area contributed by atoms with Crippen LogP contribution in [0.2, 0.25) is 0 Å². The fraction of sp³-hybridized carbons (Fsp3) is 0.281. The second kappa shape index (κ2) is 12.6. The predicted octanol–water partition coefficient (Wildman–Crippen LogP) is 6.27. The number of nitrogens with zero attached hydrogens (tertiary/aromatic N) is 2. The topological polar surface area (TPSA) is 82.9 Å². The van der Waals surface area contributed by atoms with Crippen LogP contribution in [0.25, 0.3) is 11.0 Å². The van der Waals surface area contributed by atoms with Crippen LogP contribution < -0.4 is 10.7 Å². The summed E-state index contributed by atoms with van der Waals surface area (Å²) in [7, 11) is 0. The number of benzene rings is 3. The maximum absolute atomic E-state index is 13.8. The van der Waals surface area contributed by atoms with Crippen LogP contribution in [-0.2, 0) is 17.9 Å². The highest BCUT2D eigenvalue weighted by atomic mass is 19.1. The highest BCUT2D eigenvalue weighted by Gasteiger charge is 2.24. The molecule has 0 aliphatic carbocycles. The van der Waals surface area contributed by atoms with Crippen molar-refractivity contribution in [2.24, 2.45) is 5.92 Å². The van der Waals surface area contributed by atoms with Gasteiger partial charge in [-0.25, -0.2) is 9.18 Å². The summed E-state index contributed by atoms with van der Waals surface area (Å²) in [4.78, 5) is 43.3. The van der Waals surface area contributed by atoms with Crippen molar-refractivity contribution in [1.29, 1.82) is 0 Å². The molecule has 40 heavy (non-hydrogen) atoms. The molecule has 0 radical (unpaired) electrons. The molecule has 0 fully saturated rings. The summed E-state index contributed by atoms with van der Waals surface area (Å²) in [6.45, 7) is 8.09. The fourth-order valence-electron chi connectivity index (χ4n) is 4.55. The number of aryl methyl sites for hydroxylation is 2. The molecule has 7 nitrogen and oxygen atoms in total. The molecule has 4 aromatic rings. The standard InChI is InChI=1S/C32H34FN3O4/c1-21(2)16-36(32(39)34-28-14-9-22(3)15-23(28)4)19-30(37)35(17-24-10-12-26(33)13-11-24)18-25-20-40-29-8-6-5-7-27(29)31(25)38/h5-15,20-21H,16-19H2,1-4H3,(H,34,39). The summed E-state index contributed by atoms with van der Waals surface area (Å²) in [5.74, 6) is -0.632. The monoisotopic (exact) mass is 543 g/mol. The molecule has 8 heteroatoms. The number of amides is 3. The van der Waals surface area contributed by atoms with Gasteiger partial charge >= 0.3 is 6.03 Å². The number of hydrogen-bond donors (Lipinski definition) is 1.